The van der Waals surface area contributed by atoms with Gasteiger partial charge < -0.3 is 4.90 Å². The number of rotatable bonds is 3. The number of hydrogen-bond acceptors (Lipinski definition) is 7. The maximum absolute atomic E-state index is 13.1. The lowest BCUT2D eigenvalue weighted by molar-refractivity contribution is -0.135. The third-order valence-electron chi connectivity index (χ3n) is 5.71. The number of thioether (sulfide) groups is 1. The number of nitrogens with zero attached hydrogens (tertiary/aromatic N) is 6. The zero-order chi connectivity index (χ0) is 19.3. The highest BCUT2D eigenvalue weighted by atomic mass is 32.2. The highest BCUT2D eigenvalue weighted by molar-refractivity contribution is 7.99. The van der Waals surface area contributed by atoms with Gasteiger partial charge in [0.25, 0.3) is 5.56 Å². The first-order valence-corrected chi connectivity index (χ1v) is 11.6. The summed E-state index contributed by atoms with van der Waals surface area (Å²) in [6.45, 7) is 3.13. The number of carbonyl (C=O) groups is 1. The molecule has 0 saturated carbocycles. The summed E-state index contributed by atoms with van der Waals surface area (Å²) in [5.41, 5.74) is 0.798. The van der Waals surface area contributed by atoms with Gasteiger partial charge in [0.1, 0.15) is 4.70 Å². The van der Waals surface area contributed by atoms with Gasteiger partial charge in [0.05, 0.1) is 18.1 Å². The molecule has 0 aliphatic carbocycles. The number of fused-ring (bicyclic) bond motifs is 3. The van der Waals surface area contributed by atoms with E-state index in [1.165, 1.54) is 11.3 Å². The molecule has 10 heteroatoms. The number of carbonyl (C=O) groups excluding carboxylic acids is 1. The fourth-order valence-electron chi connectivity index (χ4n) is 4.23. The zero-order valence-electron chi connectivity index (χ0n) is 15.7. The lowest BCUT2D eigenvalue weighted by Crippen LogP contribution is -2.48. The fraction of sp³-hybridized carbons (Fsp3) is 0.556. The summed E-state index contributed by atoms with van der Waals surface area (Å²) in [6.07, 6.45) is 1.91. The summed E-state index contributed by atoms with van der Waals surface area (Å²) in [4.78, 5) is 29.8. The molecule has 28 heavy (non-hydrogen) atoms. The van der Waals surface area contributed by atoms with Crippen LogP contribution < -0.4 is 5.56 Å². The Hall–Kier alpha value is -1.91. The number of hydrogen-bond donors (Lipinski definition) is 0. The van der Waals surface area contributed by atoms with Crippen LogP contribution in [0.5, 0.6) is 0 Å². The number of aryl methyl sites for hydroxylation is 1. The molecule has 2 fully saturated rings. The Morgan fingerprint density at radius 2 is 2.07 bits per heavy atom. The van der Waals surface area contributed by atoms with E-state index in [0.29, 0.717) is 17.0 Å². The summed E-state index contributed by atoms with van der Waals surface area (Å²) < 4.78 is 4.22. The van der Waals surface area contributed by atoms with Crippen molar-refractivity contribution in [1.82, 2.24) is 29.0 Å². The van der Waals surface area contributed by atoms with Crippen LogP contribution in [0.2, 0.25) is 0 Å². The van der Waals surface area contributed by atoms with Gasteiger partial charge in [-0.3, -0.25) is 23.5 Å². The SMILES string of the molecule is Cn1c(=O)c2sccc2n2c(CN3CCCC3C(=O)N3CCSCC3)nnc12. The molecule has 0 bridgehead atoms. The molecule has 0 spiro atoms. The van der Waals surface area contributed by atoms with Crippen LogP contribution >= 0.6 is 23.1 Å². The smallest absolute Gasteiger partial charge is 0.272 e. The first-order chi connectivity index (χ1) is 13.6. The quantitative estimate of drug-likeness (QED) is 0.636. The van der Waals surface area contributed by atoms with Crippen LogP contribution in [-0.2, 0) is 18.4 Å². The van der Waals surface area contributed by atoms with Crippen molar-refractivity contribution in [3.63, 3.8) is 0 Å². The molecule has 2 aliphatic rings. The number of likely N-dealkylation sites (tertiary alicyclic amines) is 1. The van der Waals surface area contributed by atoms with E-state index in [9.17, 15) is 9.59 Å². The average molecular weight is 419 g/mol. The highest BCUT2D eigenvalue weighted by Crippen LogP contribution is 2.25. The summed E-state index contributed by atoms with van der Waals surface area (Å²) in [5.74, 6) is 3.62. The van der Waals surface area contributed by atoms with Crippen molar-refractivity contribution >= 4 is 45.0 Å². The molecule has 1 atom stereocenters. The van der Waals surface area contributed by atoms with E-state index in [0.717, 1.165) is 55.3 Å². The number of thiophene rings is 1. The van der Waals surface area contributed by atoms with Crippen molar-refractivity contribution < 1.29 is 4.79 Å². The Morgan fingerprint density at radius 1 is 1.25 bits per heavy atom. The van der Waals surface area contributed by atoms with Crippen LogP contribution in [0.15, 0.2) is 16.2 Å². The second-order valence-corrected chi connectivity index (χ2v) is 9.46. The van der Waals surface area contributed by atoms with Gasteiger partial charge in [-0.1, -0.05) is 0 Å². The molecule has 148 valence electrons. The van der Waals surface area contributed by atoms with Gasteiger partial charge in [-0.2, -0.15) is 11.8 Å². The lowest BCUT2D eigenvalue weighted by atomic mass is 10.2. The summed E-state index contributed by atoms with van der Waals surface area (Å²) in [7, 11) is 1.73. The molecule has 3 aromatic heterocycles. The van der Waals surface area contributed by atoms with Crippen LogP contribution in [0.3, 0.4) is 0 Å². The molecule has 5 rings (SSSR count). The topological polar surface area (TPSA) is 75.7 Å². The van der Waals surface area contributed by atoms with Crippen molar-refractivity contribution in [3.8, 4) is 0 Å². The molecular weight excluding hydrogens is 396 g/mol. The van der Waals surface area contributed by atoms with Gasteiger partial charge in [0.2, 0.25) is 11.7 Å². The normalized spacial score (nSPS) is 21.2. The molecule has 1 amide bonds. The van der Waals surface area contributed by atoms with Crippen molar-refractivity contribution in [2.45, 2.75) is 25.4 Å². The van der Waals surface area contributed by atoms with Crippen LogP contribution in [0.25, 0.3) is 16.0 Å². The minimum atomic E-state index is -0.0825. The Morgan fingerprint density at radius 3 is 2.89 bits per heavy atom. The van der Waals surface area contributed by atoms with E-state index in [4.69, 9.17) is 0 Å². The maximum Gasteiger partial charge on any atom is 0.272 e. The van der Waals surface area contributed by atoms with Crippen molar-refractivity contribution in [2.75, 3.05) is 31.1 Å². The fourth-order valence-corrected chi connectivity index (χ4v) is 5.98. The van der Waals surface area contributed by atoms with Gasteiger partial charge in [-0.05, 0) is 30.8 Å². The molecule has 0 aromatic carbocycles. The van der Waals surface area contributed by atoms with Crippen molar-refractivity contribution in [3.05, 3.63) is 27.6 Å². The molecule has 2 aliphatic heterocycles. The largest absolute Gasteiger partial charge is 0.340 e. The van der Waals surface area contributed by atoms with E-state index < -0.39 is 0 Å². The zero-order valence-corrected chi connectivity index (χ0v) is 17.3. The molecule has 3 aromatic rings. The van der Waals surface area contributed by atoms with Crippen LogP contribution in [-0.4, -0.2) is 72.1 Å². The van der Waals surface area contributed by atoms with E-state index in [1.54, 1.807) is 11.6 Å². The minimum absolute atomic E-state index is 0.0476. The van der Waals surface area contributed by atoms with Crippen LogP contribution in [0.1, 0.15) is 18.7 Å². The molecule has 5 heterocycles. The Bertz CT molecular complexity index is 1100. The van der Waals surface area contributed by atoms with E-state index in [2.05, 4.69) is 15.1 Å². The predicted octanol–water partition coefficient (Wildman–Crippen LogP) is 1.18. The molecule has 8 nitrogen and oxygen atoms in total. The van der Waals surface area contributed by atoms with E-state index in [-0.39, 0.29) is 17.5 Å². The van der Waals surface area contributed by atoms with Gasteiger partial charge in [-0.15, -0.1) is 21.5 Å². The standard InChI is InChI=1S/C18H22N6O2S2/c1-21-17(26)15-12(4-8-28-15)24-14(19-20-18(21)24)11-23-5-2-3-13(23)16(25)22-6-9-27-10-7-22/h4,8,13H,2-3,5-7,9-11H2,1H3. The highest BCUT2D eigenvalue weighted by Gasteiger charge is 2.35. The van der Waals surface area contributed by atoms with Crippen LogP contribution in [0, 0.1) is 0 Å². The summed E-state index contributed by atoms with van der Waals surface area (Å²) in [6, 6.07) is 1.86. The summed E-state index contributed by atoms with van der Waals surface area (Å²) in [5, 5.41) is 10.6. The van der Waals surface area contributed by atoms with E-state index in [1.807, 2.05) is 32.5 Å². The van der Waals surface area contributed by atoms with E-state index >= 15 is 0 Å². The second kappa shape index (κ2) is 7.16. The van der Waals surface area contributed by atoms with Crippen molar-refractivity contribution in [1.29, 1.82) is 0 Å². The third kappa shape index (κ3) is 2.85. The molecule has 0 radical (unpaired) electrons. The Labute approximate surface area is 170 Å². The lowest BCUT2D eigenvalue weighted by Gasteiger charge is -2.32. The molecule has 0 N–H and O–H groups in total. The Balaban J connectivity index is 1.48. The van der Waals surface area contributed by atoms with Gasteiger partial charge in [0.15, 0.2) is 5.82 Å². The van der Waals surface area contributed by atoms with Gasteiger partial charge in [-0.25, -0.2) is 0 Å². The number of aromatic nitrogens is 4. The van der Waals surface area contributed by atoms with Gasteiger partial charge >= 0.3 is 0 Å². The molecule has 1 unspecified atom stereocenters. The monoisotopic (exact) mass is 418 g/mol. The molecule has 2 saturated heterocycles. The summed E-state index contributed by atoms with van der Waals surface area (Å²) >= 11 is 3.35. The minimum Gasteiger partial charge on any atom is -0.340 e. The first-order valence-electron chi connectivity index (χ1n) is 9.56. The second-order valence-electron chi connectivity index (χ2n) is 7.32. The number of amides is 1. The molecular formula is C18H22N6O2S2. The third-order valence-corrected chi connectivity index (χ3v) is 7.55. The van der Waals surface area contributed by atoms with Crippen molar-refractivity contribution in [2.24, 2.45) is 7.05 Å². The first kappa shape index (κ1) is 18.1. The maximum atomic E-state index is 13.1. The Kier molecular flexibility index (Phi) is 4.64. The van der Waals surface area contributed by atoms with Crippen LogP contribution in [0.4, 0.5) is 0 Å². The predicted molar refractivity (Wildman–Crippen MR) is 111 cm³/mol. The average Bonchev–Trinajstić information content (AvgIpc) is 3.46. The van der Waals surface area contributed by atoms with Gasteiger partial charge in [0, 0.05) is 31.6 Å².